The van der Waals surface area contributed by atoms with Gasteiger partial charge in [-0.3, -0.25) is 0 Å². The summed E-state index contributed by atoms with van der Waals surface area (Å²) in [5.41, 5.74) is 0. The molecule has 1 N–H and O–H groups in total. The Kier molecular flexibility index (Phi) is 7.41. The molecule has 0 saturated heterocycles. The van der Waals surface area contributed by atoms with E-state index in [1.165, 1.54) is 14.2 Å². The molecule has 0 aliphatic heterocycles. The number of methoxy groups -OCH3 is 1. The minimum Gasteiger partial charge on any atom is -0.378 e. The van der Waals surface area contributed by atoms with Crippen LogP contribution in [0, 0.1) is 0 Å². The molecule has 0 aromatic rings. The first kappa shape index (κ1) is 12.7. The van der Waals surface area contributed by atoms with Crippen molar-refractivity contribution in [1.29, 1.82) is 0 Å². The van der Waals surface area contributed by atoms with Gasteiger partial charge < -0.3 is 10.1 Å². The second-order valence-electron chi connectivity index (χ2n) is 1.82. The van der Waals surface area contributed by atoms with Crippen LogP contribution >= 0.6 is 12.4 Å². The van der Waals surface area contributed by atoms with Crippen molar-refractivity contribution < 1.29 is 13.5 Å². The fourth-order valence-electron chi connectivity index (χ4n) is 0.521. The van der Waals surface area contributed by atoms with Crippen molar-refractivity contribution in [3.8, 4) is 0 Å². The number of rotatable bonds is 4. The van der Waals surface area contributed by atoms with Gasteiger partial charge in [-0.2, -0.15) is 0 Å². The third-order valence-electron chi connectivity index (χ3n) is 0.791. The van der Waals surface area contributed by atoms with Crippen LogP contribution < -0.4 is 5.32 Å². The zero-order chi connectivity index (χ0) is 7.33. The number of halogens is 3. The number of hydrogen-bond donors (Lipinski definition) is 1. The summed E-state index contributed by atoms with van der Waals surface area (Å²) < 4.78 is 28.7. The topological polar surface area (TPSA) is 21.3 Å². The molecule has 0 aliphatic rings. The van der Waals surface area contributed by atoms with Crippen molar-refractivity contribution in [1.82, 2.24) is 5.32 Å². The van der Waals surface area contributed by atoms with Gasteiger partial charge in [-0.05, 0) is 7.05 Å². The Bertz CT molecular complexity index is 74.0. The molecule has 0 saturated carbocycles. The van der Waals surface area contributed by atoms with Crippen molar-refractivity contribution in [3.63, 3.8) is 0 Å². The van der Waals surface area contributed by atoms with Gasteiger partial charge in [0.25, 0.3) is 5.92 Å². The van der Waals surface area contributed by atoms with Crippen LogP contribution in [0.3, 0.4) is 0 Å². The zero-order valence-electron chi connectivity index (χ0n) is 5.99. The Morgan fingerprint density at radius 3 is 2.30 bits per heavy atom. The van der Waals surface area contributed by atoms with Gasteiger partial charge in [-0.1, -0.05) is 0 Å². The Labute approximate surface area is 65.3 Å². The average molecular weight is 176 g/mol. The first-order valence-electron chi connectivity index (χ1n) is 2.64. The molecular weight excluding hydrogens is 164 g/mol. The first-order chi connectivity index (χ1) is 4.12. The normalized spacial score (nSPS) is 10.8. The molecule has 0 spiro atoms. The lowest BCUT2D eigenvalue weighted by molar-refractivity contribution is -0.0605. The molecule has 0 rings (SSSR count). The second-order valence-corrected chi connectivity index (χ2v) is 1.82. The Morgan fingerprint density at radius 2 is 2.00 bits per heavy atom. The van der Waals surface area contributed by atoms with Crippen molar-refractivity contribution in [2.45, 2.75) is 5.92 Å². The van der Waals surface area contributed by atoms with Crippen molar-refractivity contribution in [2.75, 3.05) is 27.3 Å². The molecule has 0 aromatic heterocycles. The van der Waals surface area contributed by atoms with Crippen LogP contribution in [0.2, 0.25) is 0 Å². The standard InChI is InChI=1S/C5H11F2NO.ClH/c1-8-3-5(6,7)4-9-2;/h8H,3-4H2,1-2H3;1H. The molecule has 0 atom stereocenters. The van der Waals surface area contributed by atoms with Crippen LogP contribution in [0.15, 0.2) is 0 Å². The molecule has 0 fully saturated rings. The van der Waals surface area contributed by atoms with Crippen LogP contribution in [0.5, 0.6) is 0 Å². The van der Waals surface area contributed by atoms with Crippen LogP contribution in [0.1, 0.15) is 0 Å². The third-order valence-corrected chi connectivity index (χ3v) is 0.791. The molecule has 0 aliphatic carbocycles. The monoisotopic (exact) mass is 175 g/mol. The third kappa shape index (κ3) is 6.19. The van der Waals surface area contributed by atoms with E-state index < -0.39 is 12.5 Å². The van der Waals surface area contributed by atoms with Crippen molar-refractivity contribution >= 4 is 12.4 Å². The summed E-state index contributed by atoms with van der Waals surface area (Å²) in [4.78, 5) is 0. The molecule has 2 nitrogen and oxygen atoms in total. The lowest BCUT2D eigenvalue weighted by Gasteiger charge is -2.13. The molecule has 64 valence electrons. The molecular formula is C5H12ClF2NO. The average Bonchev–Trinajstić information content (AvgIpc) is 1.64. The summed E-state index contributed by atoms with van der Waals surface area (Å²) in [6.07, 6.45) is 0. The van der Waals surface area contributed by atoms with E-state index in [0.29, 0.717) is 0 Å². The SMILES string of the molecule is CNCC(F)(F)COC.Cl. The van der Waals surface area contributed by atoms with Gasteiger partial charge in [0.1, 0.15) is 6.61 Å². The smallest absolute Gasteiger partial charge is 0.283 e. The van der Waals surface area contributed by atoms with E-state index >= 15 is 0 Å². The maximum Gasteiger partial charge on any atom is 0.283 e. The molecule has 10 heavy (non-hydrogen) atoms. The molecule has 5 heteroatoms. The summed E-state index contributed by atoms with van der Waals surface area (Å²) in [7, 11) is 2.73. The van der Waals surface area contributed by atoms with Gasteiger partial charge in [0.15, 0.2) is 0 Å². The predicted molar refractivity (Wildman–Crippen MR) is 38.0 cm³/mol. The highest BCUT2D eigenvalue weighted by Crippen LogP contribution is 2.10. The van der Waals surface area contributed by atoms with Crippen LogP contribution in [0.4, 0.5) is 8.78 Å². The van der Waals surface area contributed by atoms with Gasteiger partial charge >= 0.3 is 0 Å². The Morgan fingerprint density at radius 1 is 1.50 bits per heavy atom. The summed E-state index contributed by atoms with van der Waals surface area (Å²) >= 11 is 0. The molecule has 0 aromatic carbocycles. The van der Waals surface area contributed by atoms with Crippen molar-refractivity contribution in [2.24, 2.45) is 0 Å². The van der Waals surface area contributed by atoms with Gasteiger partial charge in [0.05, 0.1) is 6.54 Å². The van der Waals surface area contributed by atoms with Gasteiger partial charge in [0.2, 0.25) is 0 Å². The highest BCUT2D eigenvalue weighted by atomic mass is 35.5. The number of ether oxygens (including phenoxy) is 1. The molecule has 0 radical (unpaired) electrons. The second kappa shape index (κ2) is 5.82. The highest BCUT2D eigenvalue weighted by molar-refractivity contribution is 5.85. The molecule has 0 amide bonds. The largest absolute Gasteiger partial charge is 0.378 e. The van der Waals surface area contributed by atoms with Crippen molar-refractivity contribution in [3.05, 3.63) is 0 Å². The Hall–Kier alpha value is 0.0700. The summed E-state index contributed by atoms with van der Waals surface area (Å²) in [6, 6.07) is 0. The predicted octanol–water partition coefficient (Wildman–Crippen LogP) is 0.909. The highest BCUT2D eigenvalue weighted by Gasteiger charge is 2.27. The molecule has 0 unspecified atom stereocenters. The summed E-state index contributed by atoms with van der Waals surface area (Å²) in [5.74, 6) is -2.73. The quantitative estimate of drug-likeness (QED) is 0.686. The number of nitrogens with one attached hydrogen (secondary N) is 1. The van der Waals surface area contributed by atoms with Gasteiger partial charge in [-0.15, -0.1) is 12.4 Å². The minimum absolute atomic E-state index is 0. The first-order valence-corrected chi connectivity index (χ1v) is 2.64. The van der Waals surface area contributed by atoms with E-state index in [2.05, 4.69) is 10.1 Å². The van der Waals surface area contributed by atoms with E-state index in [1.807, 2.05) is 0 Å². The van der Waals surface area contributed by atoms with Gasteiger partial charge in [-0.25, -0.2) is 8.78 Å². The summed E-state index contributed by atoms with van der Waals surface area (Å²) in [6.45, 7) is -0.852. The van der Waals surface area contributed by atoms with Crippen LogP contribution in [0.25, 0.3) is 0 Å². The van der Waals surface area contributed by atoms with Crippen LogP contribution in [-0.4, -0.2) is 33.2 Å². The van der Waals surface area contributed by atoms with E-state index in [0.717, 1.165) is 0 Å². The number of alkyl halides is 2. The maximum absolute atomic E-state index is 12.2. The zero-order valence-corrected chi connectivity index (χ0v) is 6.80. The molecule has 0 bridgehead atoms. The molecule has 0 heterocycles. The van der Waals surface area contributed by atoms with E-state index in [4.69, 9.17) is 0 Å². The van der Waals surface area contributed by atoms with Crippen LogP contribution in [-0.2, 0) is 4.74 Å². The fourth-order valence-corrected chi connectivity index (χ4v) is 0.521. The van der Waals surface area contributed by atoms with Gasteiger partial charge in [0, 0.05) is 7.11 Å². The Balaban J connectivity index is 0. The van der Waals surface area contributed by atoms with E-state index in [9.17, 15) is 8.78 Å². The lowest BCUT2D eigenvalue weighted by Crippen LogP contribution is -2.34. The van der Waals surface area contributed by atoms with E-state index in [-0.39, 0.29) is 19.0 Å². The minimum atomic E-state index is -2.73. The number of hydrogen-bond acceptors (Lipinski definition) is 2. The lowest BCUT2D eigenvalue weighted by atomic mass is 10.3. The fraction of sp³-hybridized carbons (Fsp3) is 1.00. The summed E-state index contributed by atoms with van der Waals surface area (Å²) in [5, 5.41) is 2.36. The maximum atomic E-state index is 12.2. The van der Waals surface area contributed by atoms with E-state index in [1.54, 1.807) is 0 Å².